The van der Waals surface area contributed by atoms with Crippen molar-refractivity contribution in [1.82, 2.24) is 16.0 Å². The van der Waals surface area contributed by atoms with Gasteiger partial charge in [-0.05, 0) is 76.3 Å². The third-order valence-electron chi connectivity index (χ3n) is 5.72. The molecule has 0 saturated heterocycles. The predicted octanol–water partition coefficient (Wildman–Crippen LogP) is 3.49. The molecule has 0 saturated carbocycles. The number of Topliss-reactive ketones (excluding diaryl/α,β-unsaturated/α-hetero) is 1. The summed E-state index contributed by atoms with van der Waals surface area (Å²) in [6, 6.07) is 6.70. The first-order valence-electron chi connectivity index (χ1n) is 13.1. The topological polar surface area (TPSA) is 130 Å². The largest absolute Gasteiger partial charge is 0.356 e. The standard InChI is InChI=1S/C27H44N4O4/c1-22(32)12-6-7-13-25(33)29-19-9-4-5-11-21-31-27(35)24-16-14-23(15-17-24)26(34)30-20-10-3-2-8-18-28/h14-17H,2-13,18-21,28H2,1H3,(H,29,33)(H,30,34)(H,31,35). The van der Waals surface area contributed by atoms with Gasteiger partial charge in [0.2, 0.25) is 5.91 Å². The van der Waals surface area contributed by atoms with Crippen LogP contribution < -0.4 is 21.7 Å². The van der Waals surface area contributed by atoms with Gasteiger partial charge in [0.05, 0.1) is 0 Å². The van der Waals surface area contributed by atoms with Gasteiger partial charge in [0.15, 0.2) is 0 Å². The summed E-state index contributed by atoms with van der Waals surface area (Å²) >= 11 is 0. The minimum atomic E-state index is -0.145. The van der Waals surface area contributed by atoms with Crippen LogP contribution in [-0.4, -0.2) is 49.7 Å². The lowest BCUT2D eigenvalue weighted by atomic mass is 10.1. The maximum Gasteiger partial charge on any atom is 0.251 e. The molecule has 5 N–H and O–H groups in total. The van der Waals surface area contributed by atoms with Crippen molar-refractivity contribution in [1.29, 1.82) is 0 Å². The molecule has 196 valence electrons. The van der Waals surface area contributed by atoms with Crippen LogP contribution in [0.4, 0.5) is 0 Å². The van der Waals surface area contributed by atoms with Gasteiger partial charge in [-0.15, -0.1) is 0 Å². The Labute approximate surface area is 210 Å². The normalized spacial score (nSPS) is 10.6. The Morgan fingerprint density at radius 3 is 1.49 bits per heavy atom. The highest BCUT2D eigenvalue weighted by Gasteiger charge is 2.08. The quantitative estimate of drug-likeness (QED) is 0.209. The molecule has 0 spiro atoms. The molecule has 8 nitrogen and oxygen atoms in total. The van der Waals surface area contributed by atoms with Gasteiger partial charge in [-0.1, -0.05) is 25.7 Å². The third-order valence-corrected chi connectivity index (χ3v) is 5.72. The number of carbonyl (C=O) groups excluding carboxylic acids is 4. The molecule has 0 unspecified atom stereocenters. The highest BCUT2D eigenvalue weighted by Crippen LogP contribution is 2.06. The number of nitrogens with one attached hydrogen (secondary N) is 3. The van der Waals surface area contributed by atoms with Gasteiger partial charge in [0.25, 0.3) is 11.8 Å². The van der Waals surface area contributed by atoms with Gasteiger partial charge in [0, 0.05) is 43.6 Å². The summed E-state index contributed by atoms with van der Waals surface area (Å²) in [4.78, 5) is 47.1. The summed E-state index contributed by atoms with van der Waals surface area (Å²) in [6.07, 6.45) is 10.4. The van der Waals surface area contributed by atoms with E-state index >= 15 is 0 Å². The van der Waals surface area contributed by atoms with Gasteiger partial charge in [-0.3, -0.25) is 14.4 Å². The van der Waals surface area contributed by atoms with Gasteiger partial charge in [0.1, 0.15) is 5.78 Å². The highest BCUT2D eigenvalue weighted by molar-refractivity contribution is 5.97. The van der Waals surface area contributed by atoms with Crippen LogP contribution >= 0.6 is 0 Å². The molecule has 0 heterocycles. The van der Waals surface area contributed by atoms with E-state index in [1.54, 1.807) is 31.2 Å². The van der Waals surface area contributed by atoms with Crippen molar-refractivity contribution < 1.29 is 19.2 Å². The van der Waals surface area contributed by atoms with Crippen molar-refractivity contribution in [3.8, 4) is 0 Å². The maximum atomic E-state index is 12.3. The second kappa shape index (κ2) is 19.6. The number of carbonyl (C=O) groups is 4. The van der Waals surface area contributed by atoms with Crippen LogP contribution in [0, 0.1) is 0 Å². The van der Waals surface area contributed by atoms with Crippen molar-refractivity contribution in [3.05, 3.63) is 35.4 Å². The monoisotopic (exact) mass is 488 g/mol. The molecule has 1 rings (SSSR count). The zero-order valence-electron chi connectivity index (χ0n) is 21.3. The molecule has 8 heteroatoms. The van der Waals surface area contributed by atoms with Crippen molar-refractivity contribution in [2.24, 2.45) is 5.73 Å². The molecule has 0 atom stereocenters. The summed E-state index contributed by atoms with van der Waals surface area (Å²) < 4.78 is 0. The number of benzene rings is 1. The van der Waals surface area contributed by atoms with Crippen molar-refractivity contribution in [2.45, 2.75) is 84.0 Å². The Morgan fingerprint density at radius 1 is 0.600 bits per heavy atom. The Kier molecular flexibility index (Phi) is 16.9. The van der Waals surface area contributed by atoms with E-state index < -0.39 is 0 Å². The number of hydrogen-bond donors (Lipinski definition) is 4. The van der Waals surface area contributed by atoms with Crippen LogP contribution in [0.3, 0.4) is 0 Å². The number of hydrogen-bond acceptors (Lipinski definition) is 5. The fraction of sp³-hybridized carbons (Fsp3) is 0.630. The van der Waals surface area contributed by atoms with Crippen molar-refractivity contribution in [2.75, 3.05) is 26.2 Å². The van der Waals surface area contributed by atoms with E-state index in [2.05, 4.69) is 16.0 Å². The molecule has 0 aromatic heterocycles. The Morgan fingerprint density at radius 2 is 1.03 bits per heavy atom. The van der Waals surface area contributed by atoms with Gasteiger partial charge >= 0.3 is 0 Å². The molecule has 0 aliphatic carbocycles. The van der Waals surface area contributed by atoms with E-state index in [0.29, 0.717) is 50.1 Å². The lowest BCUT2D eigenvalue weighted by Crippen LogP contribution is -2.26. The summed E-state index contributed by atoms with van der Waals surface area (Å²) in [5.74, 6) is -0.0589. The Bertz CT molecular complexity index is 765. The first kappa shape index (κ1) is 30.3. The van der Waals surface area contributed by atoms with Crippen LogP contribution in [-0.2, 0) is 9.59 Å². The van der Waals surface area contributed by atoms with Crippen molar-refractivity contribution >= 4 is 23.5 Å². The number of rotatable bonds is 20. The van der Waals surface area contributed by atoms with E-state index in [1.165, 1.54) is 0 Å². The van der Waals surface area contributed by atoms with Crippen LogP contribution in [0.2, 0.25) is 0 Å². The number of unbranched alkanes of at least 4 members (excludes halogenated alkanes) is 7. The number of ketones is 1. The molecule has 3 amide bonds. The molecule has 1 aromatic rings. The molecule has 0 bridgehead atoms. The van der Waals surface area contributed by atoms with E-state index in [1.807, 2.05) is 0 Å². The van der Waals surface area contributed by atoms with Crippen LogP contribution in [0.15, 0.2) is 24.3 Å². The second-order valence-electron chi connectivity index (χ2n) is 8.97. The van der Waals surface area contributed by atoms with E-state index in [-0.39, 0.29) is 23.5 Å². The first-order chi connectivity index (χ1) is 16.9. The average molecular weight is 489 g/mol. The fourth-order valence-corrected chi connectivity index (χ4v) is 3.58. The van der Waals surface area contributed by atoms with Gasteiger partial charge < -0.3 is 26.5 Å². The summed E-state index contributed by atoms with van der Waals surface area (Å²) in [6.45, 7) is 4.17. The first-order valence-corrected chi connectivity index (χ1v) is 13.1. The summed E-state index contributed by atoms with van der Waals surface area (Å²) in [5, 5.41) is 8.72. The SMILES string of the molecule is CC(=O)CCCCC(=O)NCCCCCCNC(=O)c1ccc(C(=O)NCCCCCCN)cc1. The smallest absolute Gasteiger partial charge is 0.251 e. The number of amides is 3. The molecule has 0 aliphatic rings. The molecule has 0 fully saturated rings. The maximum absolute atomic E-state index is 12.3. The minimum Gasteiger partial charge on any atom is -0.356 e. The zero-order valence-corrected chi connectivity index (χ0v) is 21.3. The second-order valence-corrected chi connectivity index (χ2v) is 8.97. The lowest BCUT2D eigenvalue weighted by Gasteiger charge is -2.08. The molecule has 1 aromatic carbocycles. The molecule has 0 aliphatic heterocycles. The molecular weight excluding hydrogens is 444 g/mol. The van der Waals surface area contributed by atoms with Crippen molar-refractivity contribution in [3.63, 3.8) is 0 Å². The van der Waals surface area contributed by atoms with Crippen LogP contribution in [0.5, 0.6) is 0 Å². The molecule has 35 heavy (non-hydrogen) atoms. The average Bonchev–Trinajstić information content (AvgIpc) is 2.85. The Balaban J connectivity index is 2.08. The van der Waals surface area contributed by atoms with E-state index in [4.69, 9.17) is 5.73 Å². The molecule has 0 radical (unpaired) electrons. The van der Waals surface area contributed by atoms with E-state index in [0.717, 1.165) is 64.2 Å². The zero-order chi connectivity index (χ0) is 25.7. The summed E-state index contributed by atoms with van der Waals surface area (Å²) in [7, 11) is 0. The van der Waals surface area contributed by atoms with Gasteiger partial charge in [-0.25, -0.2) is 0 Å². The highest BCUT2D eigenvalue weighted by atomic mass is 16.2. The van der Waals surface area contributed by atoms with E-state index in [9.17, 15) is 19.2 Å². The number of nitrogens with two attached hydrogens (primary N) is 1. The van der Waals surface area contributed by atoms with Crippen LogP contribution in [0.25, 0.3) is 0 Å². The lowest BCUT2D eigenvalue weighted by molar-refractivity contribution is -0.121. The fourth-order valence-electron chi connectivity index (χ4n) is 3.58. The van der Waals surface area contributed by atoms with Gasteiger partial charge in [-0.2, -0.15) is 0 Å². The third kappa shape index (κ3) is 15.7. The summed E-state index contributed by atoms with van der Waals surface area (Å²) in [5.41, 5.74) is 6.55. The minimum absolute atomic E-state index is 0.0441. The van der Waals surface area contributed by atoms with Crippen LogP contribution in [0.1, 0.15) is 105 Å². The predicted molar refractivity (Wildman–Crippen MR) is 139 cm³/mol. The molecular formula is C27H44N4O4. The Hall–Kier alpha value is -2.74.